The Kier molecular flexibility index (Phi) is 5.04. The summed E-state index contributed by atoms with van der Waals surface area (Å²) in [6.07, 6.45) is 1.90. The summed E-state index contributed by atoms with van der Waals surface area (Å²) in [7, 11) is 0. The lowest BCUT2D eigenvalue weighted by molar-refractivity contribution is 0.0741. The molecule has 0 saturated carbocycles. The molecule has 0 aliphatic rings. The zero-order valence-corrected chi connectivity index (χ0v) is 17.6. The van der Waals surface area contributed by atoms with Gasteiger partial charge in [-0.25, -0.2) is 4.98 Å². The van der Waals surface area contributed by atoms with Crippen LogP contribution in [0.2, 0.25) is 5.02 Å². The second-order valence-electron chi connectivity index (χ2n) is 7.46. The third-order valence-electron chi connectivity index (χ3n) is 4.54. The maximum absolute atomic E-state index is 10.5. The molecule has 0 radical (unpaired) electrons. The molecule has 0 amide bonds. The Morgan fingerprint density at radius 3 is 2.19 bits per heavy atom. The van der Waals surface area contributed by atoms with Crippen molar-refractivity contribution in [2.24, 2.45) is 0 Å². The van der Waals surface area contributed by atoms with Gasteiger partial charge in [-0.3, -0.25) is 0 Å². The van der Waals surface area contributed by atoms with Gasteiger partial charge in [-0.1, -0.05) is 45.7 Å². The summed E-state index contributed by atoms with van der Waals surface area (Å²) in [5, 5.41) is 11.2. The fourth-order valence-electron chi connectivity index (χ4n) is 3.00. The van der Waals surface area contributed by atoms with E-state index in [1.807, 2.05) is 59.3 Å². The second kappa shape index (κ2) is 6.84. The van der Waals surface area contributed by atoms with Crippen LogP contribution in [0.15, 0.2) is 59.2 Å². The summed E-state index contributed by atoms with van der Waals surface area (Å²) in [6, 6.07) is 15.8. The summed E-state index contributed by atoms with van der Waals surface area (Å²) in [5.74, 6) is 0.824. The highest BCUT2D eigenvalue weighted by Crippen LogP contribution is 2.37. The number of imidazole rings is 1. The van der Waals surface area contributed by atoms with Gasteiger partial charge in [0.05, 0.1) is 5.69 Å². The monoisotopic (exact) mass is 432 g/mol. The summed E-state index contributed by atoms with van der Waals surface area (Å²) >= 11 is 9.96. The van der Waals surface area contributed by atoms with E-state index in [1.165, 1.54) is 0 Å². The third-order valence-corrected chi connectivity index (χ3v) is 5.40. The van der Waals surface area contributed by atoms with Crippen LogP contribution in [0.5, 0.6) is 0 Å². The molecule has 26 heavy (non-hydrogen) atoms. The van der Waals surface area contributed by atoms with Crippen molar-refractivity contribution in [3.05, 3.63) is 81.3 Å². The maximum Gasteiger partial charge on any atom is 0.123 e. The van der Waals surface area contributed by atoms with E-state index in [0.717, 1.165) is 21.5 Å². The van der Waals surface area contributed by atoms with Gasteiger partial charge in [0.1, 0.15) is 11.4 Å². The minimum Gasteiger partial charge on any atom is -0.384 e. The molecule has 0 fully saturated rings. The van der Waals surface area contributed by atoms with Crippen molar-refractivity contribution >= 4 is 27.5 Å². The second-order valence-corrected chi connectivity index (χ2v) is 8.78. The van der Waals surface area contributed by atoms with Crippen molar-refractivity contribution in [1.29, 1.82) is 0 Å². The van der Waals surface area contributed by atoms with Crippen LogP contribution < -0.4 is 0 Å². The Bertz CT molecular complexity index is 924. The van der Waals surface area contributed by atoms with E-state index in [0.29, 0.717) is 10.7 Å². The first-order valence-electron chi connectivity index (χ1n) is 8.44. The van der Waals surface area contributed by atoms with E-state index < -0.39 is 11.0 Å². The van der Waals surface area contributed by atoms with E-state index in [-0.39, 0.29) is 0 Å². The molecule has 0 atom stereocenters. The molecule has 3 aromatic rings. The van der Waals surface area contributed by atoms with Gasteiger partial charge in [-0.15, -0.1) is 0 Å². The van der Waals surface area contributed by atoms with Crippen molar-refractivity contribution in [2.75, 3.05) is 0 Å². The highest BCUT2D eigenvalue weighted by Gasteiger charge is 2.33. The fraction of sp³-hybridized carbons (Fsp3) is 0.286. The van der Waals surface area contributed by atoms with E-state index in [2.05, 4.69) is 29.8 Å². The lowest BCUT2D eigenvalue weighted by Crippen LogP contribution is -2.25. The summed E-state index contributed by atoms with van der Waals surface area (Å²) < 4.78 is 3.04. The molecule has 0 bridgehead atoms. The topological polar surface area (TPSA) is 38.0 Å². The number of benzene rings is 2. The Balaban J connectivity index is 2.24. The molecular formula is C21H22BrClN2O. The van der Waals surface area contributed by atoms with Gasteiger partial charge >= 0.3 is 0 Å². The zero-order chi connectivity index (χ0) is 19.1. The molecule has 0 unspecified atom stereocenters. The fourth-order valence-corrected chi connectivity index (χ4v) is 3.64. The van der Waals surface area contributed by atoms with Crippen LogP contribution in [-0.2, 0) is 11.0 Å². The molecule has 1 N–H and O–H groups in total. The molecule has 1 heterocycles. The molecule has 136 valence electrons. The lowest BCUT2D eigenvalue weighted by atomic mass is 9.83. The van der Waals surface area contributed by atoms with Gasteiger partial charge in [0.25, 0.3) is 0 Å². The van der Waals surface area contributed by atoms with Gasteiger partial charge in [-0.2, -0.15) is 0 Å². The number of aliphatic hydroxyl groups is 1. The Hall–Kier alpha value is -1.62. The number of aromatic nitrogens is 2. The van der Waals surface area contributed by atoms with E-state index >= 15 is 0 Å². The summed E-state index contributed by atoms with van der Waals surface area (Å²) in [6.45, 7) is 7.68. The van der Waals surface area contributed by atoms with Gasteiger partial charge < -0.3 is 9.67 Å². The van der Waals surface area contributed by atoms with Crippen LogP contribution >= 0.6 is 27.5 Å². The molecule has 3 nitrogen and oxygen atoms in total. The predicted molar refractivity (Wildman–Crippen MR) is 110 cm³/mol. The quantitative estimate of drug-likeness (QED) is 0.561. The van der Waals surface area contributed by atoms with Crippen LogP contribution in [0.3, 0.4) is 0 Å². The molecular weight excluding hydrogens is 412 g/mol. The minimum absolute atomic E-state index is 0.449. The number of hydrogen-bond donors (Lipinski definition) is 1. The molecule has 3 rings (SSSR count). The Labute approximate surface area is 167 Å². The van der Waals surface area contributed by atoms with E-state index in [4.69, 9.17) is 16.6 Å². The van der Waals surface area contributed by atoms with Gasteiger partial charge in [0.15, 0.2) is 0 Å². The van der Waals surface area contributed by atoms with Crippen molar-refractivity contribution < 1.29 is 5.11 Å². The van der Waals surface area contributed by atoms with Crippen LogP contribution in [0.4, 0.5) is 0 Å². The molecule has 0 saturated heterocycles. The van der Waals surface area contributed by atoms with Gasteiger partial charge in [-0.05, 0) is 63.6 Å². The number of halogens is 2. The number of rotatable bonds is 4. The number of hydrogen-bond acceptors (Lipinski definition) is 2. The molecule has 0 spiro atoms. The van der Waals surface area contributed by atoms with Crippen LogP contribution in [0, 0.1) is 0 Å². The van der Waals surface area contributed by atoms with Crippen LogP contribution in [0.25, 0.3) is 5.69 Å². The Morgan fingerprint density at radius 1 is 1.00 bits per heavy atom. The molecule has 2 aromatic carbocycles. The van der Waals surface area contributed by atoms with Crippen molar-refractivity contribution in [1.82, 2.24) is 9.55 Å². The predicted octanol–water partition coefficient (Wildman–Crippen LogP) is 5.84. The first-order chi connectivity index (χ1) is 12.1. The van der Waals surface area contributed by atoms with E-state index in [9.17, 15) is 5.11 Å². The normalized spacial score (nSPS) is 12.4. The summed E-state index contributed by atoms with van der Waals surface area (Å²) in [5.41, 5.74) is 1.11. The summed E-state index contributed by atoms with van der Waals surface area (Å²) in [4.78, 5) is 4.81. The Morgan fingerprint density at radius 2 is 1.62 bits per heavy atom. The highest BCUT2D eigenvalue weighted by atomic mass is 79.9. The average molecular weight is 434 g/mol. The number of nitrogens with zero attached hydrogens (tertiary/aromatic N) is 2. The molecule has 0 aliphatic carbocycles. The lowest BCUT2D eigenvalue weighted by Gasteiger charge is -2.27. The first kappa shape index (κ1) is 19.2. The van der Waals surface area contributed by atoms with Crippen molar-refractivity contribution in [2.45, 2.75) is 38.7 Å². The van der Waals surface area contributed by atoms with Crippen molar-refractivity contribution in [3.63, 3.8) is 0 Å². The molecule has 0 aliphatic heterocycles. The smallest absolute Gasteiger partial charge is 0.123 e. The first-order valence-corrected chi connectivity index (χ1v) is 9.61. The largest absolute Gasteiger partial charge is 0.384 e. The third kappa shape index (κ3) is 3.59. The molecule has 1 aromatic heterocycles. The highest BCUT2D eigenvalue weighted by molar-refractivity contribution is 9.10. The van der Waals surface area contributed by atoms with E-state index in [1.54, 1.807) is 13.8 Å². The van der Waals surface area contributed by atoms with Crippen molar-refractivity contribution in [3.8, 4) is 5.69 Å². The molecule has 5 heteroatoms. The van der Waals surface area contributed by atoms with Crippen LogP contribution in [0.1, 0.15) is 44.8 Å². The maximum atomic E-state index is 10.5. The minimum atomic E-state index is -1.04. The van der Waals surface area contributed by atoms with Gasteiger partial charge in [0.2, 0.25) is 0 Å². The van der Waals surface area contributed by atoms with Gasteiger partial charge in [0, 0.05) is 26.8 Å². The average Bonchev–Trinajstić information content (AvgIpc) is 3.02. The SMILES string of the molecule is CC(C)(O)c1cn(-c2ccc(Br)cc2)c(C(C)(C)c2ccccc2Cl)n1. The zero-order valence-electron chi connectivity index (χ0n) is 15.3. The standard InChI is InChI=1S/C21H22BrClN2O/c1-20(2,16-7-5-6-8-17(16)23)19-24-18(21(3,4)26)13-25(19)15-11-9-14(22)10-12-15/h5-13,26H,1-4H3. The van der Waals surface area contributed by atoms with Crippen LogP contribution in [-0.4, -0.2) is 14.7 Å².